The predicted molar refractivity (Wildman–Crippen MR) is 101 cm³/mol. The number of nitrogens with one attached hydrogen (secondary N) is 2. The van der Waals surface area contributed by atoms with E-state index < -0.39 is 18.0 Å². The van der Waals surface area contributed by atoms with Crippen LogP contribution in [0, 0.1) is 0 Å². The van der Waals surface area contributed by atoms with E-state index in [4.69, 9.17) is 4.74 Å². The third-order valence-corrected chi connectivity index (χ3v) is 3.63. The summed E-state index contributed by atoms with van der Waals surface area (Å²) in [6.07, 6.45) is -1.03. The van der Waals surface area contributed by atoms with Crippen molar-refractivity contribution in [2.45, 2.75) is 26.9 Å². The lowest BCUT2D eigenvalue weighted by Crippen LogP contribution is -2.30. The summed E-state index contributed by atoms with van der Waals surface area (Å²) in [5.41, 5.74) is 1.71. The largest absolute Gasteiger partial charge is 0.449 e. The number of hydrogen-bond acceptors (Lipinski definition) is 5. The lowest BCUT2D eigenvalue weighted by Gasteiger charge is -2.14. The van der Waals surface area contributed by atoms with Crippen molar-refractivity contribution in [2.75, 3.05) is 10.6 Å². The van der Waals surface area contributed by atoms with E-state index in [1.54, 1.807) is 36.4 Å². The molecular formula is C20H20N2O5. The van der Waals surface area contributed by atoms with Gasteiger partial charge >= 0.3 is 5.97 Å². The average Bonchev–Trinajstić information content (AvgIpc) is 2.61. The molecule has 0 saturated carbocycles. The normalized spacial score (nSPS) is 11.2. The first kappa shape index (κ1) is 19.8. The maximum atomic E-state index is 12.2. The Labute approximate surface area is 156 Å². The Morgan fingerprint density at radius 3 is 2.11 bits per heavy atom. The fraction of sp³-hybridized carbons (Fsp3) is 0.200. The molecule has 0 bridgehead atoms. The molecule has 0 aliphatic heterocycles. The zero-order valence-corrected chi connectivity index (χ0v) is 15.2. The smallest absolute Gasteiger partial charge is 0.338 e. The summed E-state index contributed by atoms with van der Waals surface area (Å²) in [7, 11) is 0. The summed E-state index contributed by atoms with van der Waals surface area (Å²) in [6, 6.07) is 12.6. The number of carbonyl (C=O) groups is 4. The fourth-order valence-corrected chi connectivity index (χ4v) is 2.23. The lowest BCUT2D eigenvalue weighted by atomic mass is 10.1. The van der Waals surface area contributed by atoms with Gasteiger partial charge in [0.25, 0.3) is 5.91 Å². The second-order valence-corrected chi connectivity index (χ2v) is 5.93. The van der Waals surface area contributed by atoms with E-state index in [1.807, 2.05) is 0 Å². The van der Waals surface area contributed by atoms with Gasteiger partial charge in [-0.15, -0.1) is 0 Å². The molecule has 0 spiro atoms. The summed E-state index contributed by atoms with van der Waals surface area (Å²) in [6.45, 7) is 4.27. The number of amides is 2. The molecule has 2 aromatic rings. The number of rotatable bonds is 6. The first-order chi connectivity index (χ1) is 12.8. The van der Waals surface area contributed by atoms with E-state index in [2.05, 4.69) is 10.6 Å². The Morgan fingerprint density at radius 1 is 0.852 bits per heavy atom. The molecule has 2 aromatic carbocycles. The van der Waals surface area contributed by atoms with Crippen molar-refractivity contribution in [3.05, 3.63) is 59.7 Å². The minimum absolute atomic E-state index is 0.117. The highest BCUT2D eigenvalue weighted by molar-refractivity contribution is 5.99. The van der Waals surface area contributed by atoms with Gasteiger partial charge in [0.1, 0.15) is 0 Å². The van der Waals surface area contributed by atoms with E-state index in [0.717, 1.165) is 0 Å². The number of anilines is 2. The molecule has 1 atom stereocenters. The van der Waals surface area contributed by atoms with Crippen molar-refractivity contribution >= 4 is 34.9 Å². The predicted octanol–water partition coefficient (Wildman–Crippen LogP) is 3.03. The minimum Gasteiger partial charge on any atom is -0.449 e. The maximum Gasteiger partial charge on any atom is 0.338 e. The fourth-order valence-electron chi connectivity index (χ4n) is 2.23. The first-order valence-corrected chi connectivity index (χ1v) is 8.27. The number of benzene rings is 2. The molecule has 0 heterocycles. The number of carbonyl (C=O) groups excluding carboxylic acids is 4. The van der Waals surface area contributed by atoms with Crippen molar-refractivity contribution < 1.29 is 23.9 Å². The third kappa shape index (κ3) is 5.78. The van der Waals surface area contributed by atoms with Gasteiger partial charge in [0.15, 0.2) is 11.9 Å². The molecule has 0 unspecified atom stereocenters. The first-order valence-electron chi connectivity index (χ1n) is 8.27. The Kier molecular flexibility index (Phi) is 6.43. The number of ketones is 1. The van der Waals surface area contributed by atoms with Crippen LogP contribution in [0.25, 0.3) is 0 Å². The summed E-state index contributed by atoms with van der Waals surface area (Å²) >= 11 is 0. The molecule has 2 amide bonds. The molecule has 2 N–H and O–H groups in total. The Hall–Kier alpha value is -3.48. The minimum atomic E-state index is -1.03. The van der Waals surface area contributed by atoms with Crippen molar-refractivity contribution in [3.63, 3.8) is 0 Å². The number of ether oxygens (including phenoxy) is 1. The van der Waals surface area contributed by atoms with Gasteiger partial charge in [-0.05, 0) is 50.2 Å². The quantitative estimate of drug-likeness (QED) is 0.603. The monoisotopic (exact) mass is 368 g/mol. The summed E-state index contributed by atoms with van der Waals surface area (Å²) in [5, 5.41) is 5.20. The van der Waals surface area contributed by atoms with Crippen LogP contribution in [0.5, 0.6) is 0 Å². The highest BCUT2D eigenvalue weighted by atomic mass is 16.5. The van der Waals surface area contributed by atoms with Gasteiger partial charge in [0.2, 0.25) is 5.91 Å². The highest BCUT2D eigenvalue weighted by Crippen LogP contribution is 2.14. The van der Waals surface area contributed by atoms with E-state index in [0.29, 0.717) is 16.9 Å². The van der Waals surface area contributed by atoms with Crippen LogP contribution in [0.2, 0.25) is 0 Å². The van der Waals surface area contributed by atoms with Gasteiger partial charge in [-0.1, -0.05) is 12.1 Å². The maximum absolute atomic E-state index is 12.2. The van der Waals surface area contributed by atoms with E-state index in [9.17, 15) is 19.2 Å². The second kappa shape index (κ2) is 8.75. The van der Waals surface area contributed by atoms with Crippen LogP contribution in [0.4, 0.5) is 11.4 Å². The van der Waals surface area contributed by atoms with E-state index >= 15 is 0 Å². The molecular weight excluding hydrogens is 348 g/mol. The van der Waals surface area contributed by atoms with Crippen LogP contribution in [-0.4, -0.2) is 29.7 Å². The SMILES string of the molecule is CC(=O)Nc1ccc(C(=O)O[C@@H](C)C(=O)Nc2cccc(C(C)=O)c2)cc1. The number of hydrogen-bond donors (Lipinski definition) is 2. The van der Waals surface area contributed by atoms with Gasteiger partial charge in [0, 0.05) is 23.9 Å². The lowest BCUT2D eigenvalue weighted by molar-refractivity contribution is -0.123. The summed E-state index contributed by atoms with van der Waals surface area (Å²) in [4.78, 5) is 46.8. The Bertz CT molecular complexity index is 874. The molecule has 0 saturated heterocycles. The van der Waals surface area contributed by atoms with Gasteiger partial charge < -0.3 is 15.4 Å². The molecule has 7 heteroatoms. The van der Waals surface area contributed by atoms with Crippen molar-refractivity contribution in [1.29, 1.82) is 0 Å². The highest BCUT2D eigenvalue weighted by Gasteiger charge is 2.19. The van der Waals surface area contributed by atoms with Crippen molar-refractivity contribution in [2.24, 2.45) is 0 Å². The molecule has 0 aliphatic carbocycles. The molecule has 0 aliphatic rings. The van der Waals surface area contributed by atoms with E-state index in [1.165, 1.54) is 32.9 Å². The average molecular weight is 368 g/mol. The van der Waals surface area contributed by atoms with Crippen molar-refractivity contribution in [3.8, 4) is 0 Å². The van der Waals surface area contributed by atoms with Gasteiger partial charge in [-0.25, -0.2) is 4.79 Å². The molecule has 27 heavy (non-hydrogen) atoms. The molecule has 0 fully saturated rings. The Morgan fingerprint density at radius 2 is 1.52 bits per heavy atom. The molecule has 0 radical (unpaired) electrons. The molecule has 140 valence electrons. The summed E-state index contributed by atoms with van der Waals surface area (Å²) < 4.78 is 5.16. The van der Waals surface area contributed by atoms with Crippen LogP contribution in [-0.2, 0) is 14.3 Å². The van der Waals surface area contributed by atoms with Gasteiger partial charge in [-0.3, -0.25) is 14.4 Å². The van der Waals surface area contributed by atoms with Crippen LogP contribution in [0.15, 0.2) is 48.5 Å². The van der Waals surface area contributed by atoms with Crippen LogP contribution in [0.3, 0.4) is 0 Å². The van der Waals surface area contributed by atoms with Crippen LogP contribution < -0.4 is 10.6 Å². The van der Waals surface area contributed by atoms with E-state index in [-0.39, 0.29) is 17.3 Å². The Balaban J connectivity index is 1.97. The van der Waals surface area contributed by atoms with Gasteiger partial charge in [0.05, 0.1) is 5.56 Å². The van der Waals surface area contributed by atoms with Crippen LogP contribution in [0.1, 0.15) is 41.5 Å². The molecule has 7 nitrogen and oxygen atoms in total. The van der Waals surface area contributed by atoms with Crippen molar-refractivity contribution in [1.82, 2.24) is 0 Å². The summed E-state index contributed by atoms with van der Waals surface area (Å²) in [5.74, 6) is -1.51. The topological polar surface area (TPSA) is 102 Å². The number of Topliss-reactive ketones (excluding diaryl/α,β-unsaturated/α-hetero) is 1. The van der Waals surface area contributed by atoms with Crippen LogP contribution >= 0.6 is 0 Å². The zero-order valence-electron chi connectivity index (χ0n) is 15.2. The molecule has 2 rings (SSSR count). The third-order valence-electron chi connectivity index (χ3n) is 3.63. The molecule has 0 aromatic heterocycles. The second-order valence-electron chi connectivity index (χ2n) is 5.93. The van der Waals surface area contributed by atoms with Gasteiger partial charge in [-0.2, -0.15) is 0 Å². The zero-order chi connectivity index (χ0) is 20.0. The number of esters is 1. The standard InChI is InChI=1S/C20H20N2O5/c1-12(23)16-5-4-6-18(11-16)22-19(25)13(2)27-20(26)15-7-9-17(10-8-15)21-14(3)24/h4-11,13H,1-3H3,(H,21,24)(H,22,25)/t13-/m0/s1.